The van der Waals surface area contributed by atoms with Gasteiger partial charge in [0.15, 0.2) is 15.7 Å². The number of rotatable bonds is 9. The summed E-state index contributed by atoms with van der Waals surface area (Å²) in [7, 11) is -2.02. The summed E-state index contributed by atoms with van der Waals surface area (Å²) in [6.45, 7) is 0.379. The lowest BCUT2D eigenvalue weighted by Crippen LogP contribution is -2.26. The topological polar surface area (TPSA) is 111 Å². The molecule has 0 saturated heterocycles. The zero-order chi connectivity index (χ0) is 21.6. The zero-order valence-corrected chi connectivity index (χ0v) is 17.7. The molecule has 0 bridgehead atoms. The van der Waals surface area contributed by atoms with Crippen molar-refractivity contribution in [1.82, 2.24) is 15.5 Å². The Labute approximate surface area is 179 Å². The van der Waals surface area contributed by atoms with Crippen molar-refractivity contribution in [2.45, 2.75) is 17.7 Å². The maximum atomic E-state index is 12.4. The number of ether oxygens (including phenoxy) is 1. The van der Waals surface area contributed by atoms with Crippen LogP contribution in [0.5, 0.6) is 5.75 Å². The van der Waals surface area contributed by atoms with Crippen LogP contribution in [0.1, 0.15) is 22.1 Å². The average Bonchev–Trinajstić information content (AvgIpc) is 3.23. The molecule has 10 heteroatoms. The maximum absolute atomic E-state index is 12.4. The summed E-state index contributed by atoms with van der Waals surface area (Å²) in [6, 6.07) is 13.4. The minimum Gasteiger partial charge on any atom is -0.497 e. The number of sulfone groups is 1. The number of aromatic nitrogens is 2. The molecule has 8 nitrogen and oxygen atoms in total. The van der Waals surface area contributed by atoms with Crippen molar-refractivity contribution in [2.24, 2.45) is 0 Å². The normalized spacial score (nSPS) is 11.3. The van der Waals surface area contributed by atoms with E-state index in [1.54, 1.807) is 24.3 Å². The molecule has 1 N–H and O–H groups in total. The number of aryl methyl sites for hydroxylation is 1. The van der Waals surface area contributed by atoms with Crippen LogP contribution in [0.4, 0.5) is 0 Å². The fraction of sp³-hybridized carbons (Fsp3) is 0.250. The second-order valence-corrected chi connectivity index (χ2v) is 8.94. The second-order valence-electron chi connectivity index (χ2n) is 6.39. The van der Waals surface area contributed by atoms with E-state index in [1.165, 1.54) is 19.2 Å². The molecule has 0 atom stereocenters. The standard InChI is InChI=1S/C20H20ClN3O5S/c1-28-16-6-8-17(9-7-16)30(26,27)13-11-18-23-20(29-24-18)19(25)22-12-10-14-2-4-15(21)5-3-14/h2-9H,10-13H2,1H3,(H,22,25). The van der Waals surface area contributed by atoms with Gasteiger partial charge in [-0.25, -0.2) is 8.42 Å². The van der Waals surface area contributed by atoms with Crippen LogP contribution in [0.2, 0.25) is 5.02 Å². The summed E-state index contributed by atoms with van der Waals surface area (Å²) in [5, 5.41) is 7.03. The SMILES string of the molecule is COc1ccc(S(=O)(=O)CCc2noc(C(=O)NCCc3ccc(Cl)cc3)n2)cc1. The molecule has 0 radical (unpaired) electrons. The number of nitrogens with zero attached hydrogens (tertiary/aromatic N) is 2. The number of hydrogen-bond acceptors (Lipinski definition) is 7. The van der Waals surface area contributed by atoms with Gasteiger partial charge in [0.2, 0.25) is 0 Å². The third-order valence-corrected chi connectivity index (χ3v) is 6.27. The highest BCUT2D eigenvalue weighted by molar-refractivity contribution is 7.91. The van der Waals surface area contributed by atoms with Crippen LogP contribution in [0.25, 0.3) is 0 Å². The summed E-state index contributed by atoms with van der Waals surface area (Å²) >= 11 is 5.84. The van der Waals surface area contributed by atoms with Gasteiger partial charge in [-0.2, -0.15) is 4.98 Å². The van der Waals surface area contributed by atoms with E-state index in [-0.39, 0.29) is 28.8 Å². The average molecular weight is 450 g/mol. The molecule has 0 aliphatic rings. The Morgan fingerprint density at radius 3 is 2.47 bits per heavy atom. The van der Waals surface area contributed by atoms with Crippen LogP contribution in [0, 0.1) is 0 Å². The summed E-state index contributed by atoms with van der Waals surface area (Å²) in [4.78, 5) is 16.3. The minimum atomic E-state index is -3.53. The molecule has 0 saturated carbocycles. The van der Waals surface area contributed by atoms with Crippen LogP contribution < -0.4 is 10.1 Å². The van der Waals surface area contributed by atoms with E-state index in [1.807, 2.05) is 12.1 Å². The molecule has 0 unspecified atom stereocenters. The maximum Gasteiger partial charge on any atom is 0.315 e. The molecule has 30 heavy (non-hydrogen) atoms. The van der Waals surface area contributed by atoms with Crippen molar-refractivity contribution in [3.05, 3.63) is 70.8 Å². The fourth-order valence-corrected chi connectivity index (χ4v) is 3.99. The van der Waals surface area contributed by atoms with Gasteiger partial charge in [-0.3, -0.25) is 4.79 Å². The van der Waals surface area contributed by atoms with Crippen molar-refractivity contribution in [1.29, 1.82) is 0 Å². The number of hydrogen-bond donors (Lipinski definition) is 1. The first kappa shape index (κ1) is 21.8. The van der Waals surface area contributed by atoms with Crippen molar-refractivity contribution in [2.75, 3.05) is 19.4 Å². The molecule has 1 amide bonds. The van der Waals surface area contributed by atoms with E-state index in [2.05, 4.69) is 15.5 Å². The van der Waals surface area contributed by atoms with Crippen molar-refractivity contribution < 1.29 is 22.5 Å². The molecule has 1 heterocycles. The zero-order valence-electron chi connectivity index (χ0n) is 16.2. The smallest absolute Gasteiger partial charge is 0.315 e. The first-order valence-corrected chi connectivity index (χ1v) is 11.1. The van der Waals surface area contributed by atoms with E-state index in [9.17, 15) is 13.2 Å². The van der Waals surface area contributed by atoms with Gasteiger partial charge in [-0.1, -0.05) is 28.9 Å². The van der Waals surface area contributed by atoms with Crippen LogP contribution in [0.3, 0.4) is 0 Å². The van der Waals surface area contributed by atoms with Crippen LogP contribution in [-0.4, -0.2) is 43.9 Å². The number of carbonyl (C=O) groups excluding carboxylic acids is 1. The summed E-state index contributed by atoms with van der Waals surface area (Å²) < 4.78 is 34.8. The molecule has 0 aliphatic carbocycles. The lowest BCUT2D eigenvalue weighted by atomic mass is 10.1. The van der Waals surface area contributed by atoms with Crippen LogP contribution in [0.15, 0.2) is 57.9 Å². The molecule has 3 aromatic rings. The lowest BCUT2D eigenvalue weighted by Gasteiger charge is -2.04. The highest BCUT2D eigenvalue weighted by atomic mass is 35.5. The first-order valence-electron chi connectivity index (χ1n) is 9.09. The van der Waals surface area contributed by atoms with Crippen molar-refractivity contribution >= 4 is 27.3 Å². The quantitative estimate of drug-likeness (QED) is 0.534. The molecule has 0 fully saturated rings. The Hall–Kier alpha value is -2.91. The highest BCUT2D eigenvalue weighted by Crippen LogP contribution is 2.17. The Balaban J connectivity index is 1.51. The van der Waals surface area contributed by atoms with Gasteiger partial charge in [0.1, 0.15) is 5.75 Å². The number of carbonyl (C=O) groups is 1. The Morgan fingerprint density at radius 2 is 1.80 bits per heavy atom. The summed E-state index contributed by atoms with van der Waals surface area (Å²) in [5.41, 5.74) is 1.02. The van der Waals surface area contributed by atoms with Gasteiger partial charge in [-0.15, -0.1) is 0 Å². The number of amides is 1. The number of benzene rings is 2. The molecular formula is C20H20ClN3O5S. The first-order chi connectivity index (χ1) is 14.4. The largest absolute Gasteiger partial charge is 0.497 e. The number of nitrogens with one attached hydrogen (secondary N) is 1. The third kappa shape index (κ3) is 5.80. The van der Waals surface area contributed by atoms with Gasteiger partial charge in [0, 0.05) is 18.0 Å². The molecule has 1 aromatic heterocycles. The summed E-state index contributed by atoms with van der Waals surface area (Å²) in [5.74, 6) is -0.214. The van der Waals surface area contributed by atoms with E-state index in [0.717, 1.165) is 5.56 Å². The molecular weight excluding hydrogens is 430 g/mol. The Bertz CT molecular complexity index is 1100. The van der Waals surface area contributed by atoms with E-state index in [4.69, 9.17) is 20.9 Å². The van der Waals surface area contributed by atoms with Crippen LogP contribution >= 0.6 is 11.6 Å². The van der Waals surface area contributed by atoms with E-state index < -0.39 is 15.7 Å². The van der Waals surface area contributed by atoms with Crippen molar-refractivity contribution in [3.63, 3.8) is 0 Å². The van der Waals surface area contributed by atoms with Gasteiger partial charge < -0.3 is 14.6 Å². The molecule has 0 spiro atoms. The van der Waals surface area contributed by atoms with Gasteiger partial charge in [0.05, 0.1) is 17.8 Å². The second kappa shape index (κ2) is 9.73. The number of halogens is 1. The molecule has 0 aliphatic heterocycles. The molecule has 2 aromatic carbocycles. The summed E-state index contributed by atoms with van der Waals surface area (Å²) in [6.07, 6.45) is 0.639. The Kier molecular flexibility index (Phi) is 7.07. The predicted octanol–water partition coefficient (Wildman–Crippen LogP) is 2.72. The predicted molar refractivity (Wildman–Crippen MR) is 111 cm³/mol. The fourth-order valence-electron chi connectivity index (χ4n) is 2.62. The van der Waals surface area contributed by atoms with Crippen LogP contribution in [-0.2, 0) is 22.7 Å². The van der Waals surface area contributed by atoms with Gasteiger partial charge in [0.25, 0.3) is 0 Å². The highest BCUT2D eigenvalue weighted by Gasteiger charge is 2.19. The molecule has 158 valence electrons. The molecule has 3 rings (SSSR count). The number of methoxy groups -OCH3 is 1. The lowest BCUT2D eigenvalue weighted by molar-refractivity contribution is 0.0910. The minimum absolute atomic E-state index is 0.0237. The Morgan fingerprint density at radius 1 is 1.10 bits per heavy atom. The van der Waals surface area contributed by atoms with Gasteiger partial charge in [-0.05, 0) is 48.4 Å². The monoisotopic (exact) mass is 449 g/mol. The third-order valence-electron chi connectivity index (χ3n) is 4.29. The van der Waals surface area contributed by atoms with E-state index >= 15 is 0 Å². The van der Waals surface area contributed by atoms with Crippen molar-refractivity contribution in [3.8, 4) is 5.75 Å². The van der Waals surface area contributed by atoms with E-state index in [0.29, 0.717) is 23.7 Å². The van der Waals surface area contributed by atoms with Gasteiger partial charge >= 0.3 is 11.8 Å².